The van der Waals surface area contributed by atoms with E-state index in [0.29, 0.717) is 12.2 Å². The molecule has 0 unspecified atom stereocenters. The molecule has 0 bridgehead atoms. The van der Waals surface area contributed by atoms with Crippen molar-refractivity contribution < 1.29 is 13.2 Å². The summed E-state index contributed by atoms with van der Waals surface area (Å²) in [4.78, 5) is 12.7. The molecular weight excluding hydrogens is 270 g/mol. The minimum atomic E-state index is -2.93. The molecule has 1 aromatic rings. The highest BCUT2D eigenvalue weighted by molar-refractivity contribution is 8.00. The van der Waals surface area contributed by atoms with Gasteiger partial charge in [-0.3, -0.25) is 4.79 Å². The Morgan fingerprint density at radius 1 is 1.33 bits per heavy atom. The van der Waals surface area contributed by atoms with Gasteiger partial charge in [-0.15, -0.1) is 11.8 Å². The van der Waals surface area contributed by atoms with Crippen molar-refractivity contribution in [3.05, 3.63) is 30.3 Å². The zero-order valence-corrected chi connectivity index (χ0v) is 11.5. The standard InChI is InChI=1S/C12H15NO3S2/c14-12(8-17-11-4-2-1-3-5-11)13-10-6-7-18(15,16)9-10/h1-5,10H,6-9H2,(H,13,14)/t10-/m1/s1. The molecular formula is C12H15NO3S2. The van der Waals surface area contributed by atoms with Crippen molar-refractivity contribution in [3.8, 4) is 0 Å². The van der Waals surface area contributed by atoms with Gasteiger partial charge in [-0.1, -0.05) is 18.2 Å². The normalized spacial score (nSPS) is 21.7. The molecule has 1 N–H and O–H groups in total. The number of nitrogens with one attached hydrogen (secondary N) is 1. The summed E-state index contributed by atoms with van der Waals surface area (Å²) in [7, 11) is -2.93. The number of rotatable bonds is 4. The second kappa shape index (κ2) is 5.75. The Bertz CT molecular complexity index is 513. The SMILES string of the molecule is O=C(CSc1ccccc1)N[C@@H]1CCS(=O)(=O)C1. The van der Waals surface area contributed by atoms with Gasteiger partial charge in [0, 0.05) is 10.9 Å². The molecule has 0 aromatic heterocycles. The molecule has 1 fully saturated rings. The summed E-state index contributed by atoms with van der Waals surface area (Å²) in [6.07, 6.45) is 0.532. The van der Waals surface area contributed by atoms with Gasteiger partial charge in [0.15, 0.2) is 9.84 Å². The summed E-state index contributed by atoms with van der Waals surface area (Å²) in [5, 5.41) is 2.77. The van der Waals surface area contributed by atoms with Gasteiger partial charge in [0.2, 0.25) is 5.91 Å². The topological polar surface area (TPSA) is 63.2 Å². The molecule has 0 saturated carbocycles. The Balaban J connectivity index is 1.76. The lowest BCUT2D eigenvalue weighted by molar-refractivity contribution is -0.119. The number of amides is 1. The average Bonchev–Trinajstić information content (AvgIpc) is 2.67. The number of sulfone groups is 1. The van der Waals surface area contributed by atoms with Crippen molar-refractivity contribution in [2.24, 2.45) is 0 Å². The first kappa shape index (κ1) is 13.4. The Kier molecular flexibility index (Phi) is 4.29. The number of hydrogen-bond acceptors (Lipinski definition) is 4. The highest BCUT2D eigenvalue weighted by Gasteiger charge is 2.28. The molecule has 4 nitrogen and oxygen atoms in total. The minimum Gasteiger partial charge on any atom is -0.352 e. The number of thioether (sulfide) groups is 1. The van der Waals surface area contributed by atoms with E-state index in [1.807, 2.05) is 30.3 Å². The van der Waals surface area contributed by atoms with Gasteiger partial charge < -0.3 is 5.32 Å². The van der Waals surface area contributed by atoms with Crippen LogP contribution in [0.3, 0.4) is 0 Å². The summed E-state index contributed by atoms with van der Waals surface area (Å²) >= 11 is 1.45. The predicted octanol–water partition coefficient (Wildman–Crippen LogP) is 1.08. The minimum absolute atomic E-state index is 0.0781. The van der Waals surface area contributed by atoms with Crippen LogP contribution in [0, 0.1) is 0 Å². The van der Waals surface area contributed by atoms with Crippen LogP contribution in [0.4, 0.5) is 0 Å². The Labute approximate surface area is 111 Å². The second-order valence-electron chi connectivity index (χ2n) is 4.27. The van der Waals surface area contributed by atoms with Gasteiger partial charge in [-0.2, -0.15) is 0 Å². The van der Waals surface area contributed by atoms with Crippen molar-refractivity contribution in [3.63, 3.8) is 0 Å². The molecule has 1 aliphatic rings. The molecule has 1 heterocycles. The molecule has 98 valence electrons. The fourth-order valence-electron chi connectivity index (χ4n) is 1.84. The smallest absolute Gasteiger partial charge is 0.230 e. The quantitative estimate of drug-likeness (QED) is 0.841. The lowest BCUT2D eigenvalue weighted by Gasteiger charge is -2.10. The molecule has 0 spiro atoms. The fraction of sp³-hybridized carbons (Fsp3) is 0.417. The third-order valence-electron chi connectivity index (χ3n) is 2.71. The van der Waals surface area contributed by atoms with E-state index in [4.69, 9.17) is 0 Å². The molecule has 6 heteroatoms. The van der Waals surface area contributed by atoms with Crippen LogP contribution in [0.1, 0.15) is 6.42 Å². The first-order valence-electron chi connectivity index (χ1n) is 5.73. The molecule has 18 heavy (non-hydrogen) atoms. The van der Waals surface area contributed by atoms with Crippen LogP contribution in [-0.4, -0.2) is 37.6 Å². The molecule has 1 amide bonds. The van der Waals surface area contributed by atoms with E-state index in [0.717, 1.165) is 4.90 Å². The van der Waals surface area contributed by atoms with E-state index in [-0.39, 0.29) is 23.5 Å². The second-order valence-corrected chi connectivity index (χ2v) is 7.55. The summed E-state index contributed by atoms with van der Waals surface area (Å²) in [6.45, 7) is 0. The molecule has 1 saturated heterocycles. The molecule has 1 atom stereocenters. The van der Waals surface area contributed by atoms with Crippen molar-refractivity contribution in [2.45, 2.75) is 17.4 Å². The van der Waals surface area contributed by atoms with E-state index in [9.17, 15) is 13.2 Å². The van der Waals surface area contributed by atoms with Gasteiger partial charge in [-0.25, -0.2) is 8.42 Å². The highest BCUT2D eigenvalue weighted by atomic mass is 32.2. The van der Waals surface area contributed by atoms with Crippen molar-refractivity contribution in [2.75, 3.05) is 17.3 Å². The maximum absolute atomic E-state index is 11.7. The van der Waals surface area contributed by atoms with E-state index in [1.165, 1.54) is 11.8 Å². The maximum Gasteiger partial charge on any atom is 0.230 e. The maximum atomic E-state index is 11.7. The van der Waals surface area contributed by atoms with E-state index in [1.54, 1.807) is 0 Å². The van der Waals surface area contributed by atoms with Gasteiger partial charge in [0.05, 0.1) is 17.3 Å². The first-order chi connectivity index (χ1) is 8.55. The molecule has 1 aliphatic heterocycles. The molecule has 0 aliphatic carbocycles. The third kappa shape index (κ3) is 4.03. The lowest BCUT2D eigenvalue weighted by Crippen LogP contribution is -2.36. The predicted molar refractivity (Wildman–Crippen MR) is 72.4 cm³/mol. The summed E-state index contributed by atoms with van der Waals surface area (Å²) < 4.78 is 22.5. The summed E-state index contributed by atoms with van der Waals surface area (Å²) in [6, 6.07) is 9.44. The van der Waals surface area contributed by atoms with Crippen LogP contribution >= 0.6 is 11.8 Å². The zero-order chi connectivity index (χ0) is 13.0. The van der Waals surface area contributed by atoms with E-state index < -0.39 is 9.84 Å². The lowest BCUT2D eigenvalue weighted by atomic mass is 10.3. The Hall–Kier alpha value is -1.01. The number of benzene rings is 1. The third-order valence-corrected chi connectivity index (χ3v) is 5.49. The van der Waals surface area contributed by atoms with Crippen LogP contribution < -0.4 is 5.32 Å². The number of carbonyl (C=O) groups excluding carboxylic acids is 1. The Morgan fingerprint density at radius 3 is 2.67 bits per heavy atom. The van der Waals surface area contributed by atoms with Crippen molar-refractivity contribution in [1.82, 2.24) is 5.32 Å². The molecule has 2 rings (SSSR count). The summed E-state index contributed by atoms with van der Waals surface area (Å²) in [5.41, 5.74) is 0. The van der Waals surface area contributed by atoms with Crippen LogP contribution in [0.2, 0.25) is 0 Å². The van der Waals surface area contributed by atoms with Crippen LogP contribution in [0.5, 0.6) is 0 Å². The number of hydrogen-bond donors (Lipinski definition) is 1. The summed E-state index contributed by atoms with van der Waals surface area (Å²) in [5.74, 6) is 0.477. The monoisotopic (exact) mass is 285 g/mol. The van der Waals surface area contributed by atoms with Gasteiger partial charge >= 0.3 is 0 Å². The van der Waals surface area contributed by atoms with Crippen LogP contribution in [-0.2, 0) is 14.6 Å². The fourth-order valence-corrected chi connectivity index (χ4v) is 4.25. The van der Waals surface area contributed by atoms with Crippen molar-refractivity contribution >= 4 is 27.5 Å². The zero-order valence-electron chi connectivity index (χ0n) is 9.83. The average molecular weight is 285 g/mol. The van der Waals surface area contributed by atoms with E-state index >= 15 is 0 Å². The van der Waals surface area contributed by atoms with Crippen LogP contribution in [0.25, 0.3) is 0 Å². The van der Waals surface area contributed by atoms with Gasteiger partial charge in [0.1, 0.15) is 0 Å². The first-order valence-corrected chi connectivity index (χ1v) is 8.53. The largest absolute Gasteiger partial charge is 0.352 e. The molecule has 1 aromatic carbocycles. The highest BCUT2D eigenvalue weighted by Crippen LogP contribution is 2.17. The number of carbonyl (C=O) groups is 1. The van der Waals surface area contributed by atoms with Gasteiger partial charge in [-0.05, 0) is 18.6 Å². The van der Waals surface area contributed by atoms with Crippen molar-refractivity contribution in [1.29, 1.82) is 0 Å². The Morgan fingerprint density at radius 2 is 2.06 bits per heavy atom. The van der Waals surface area contributed by atoms with E-state index in [2.05, 4.69) is 5.32 Å². The van der Waals surface area contributed by atoms with Gasteiger partial charge in [0.25, 0.3) is 0 Å². The molecule has 0 radical (unpaired) electrons. The van der Waals surface area contributed by atoms with Crippen LogP contribution in [0.15, 0.2) is 35.2 Å².